The van der Waals surface area contributed by atoms with E-state index < -0.39 is 10.0 Å². The topological polar surface area (TPSA) is 97.5 Å². The van der Waals surface area contributed by atoms with Crippen molar-refractivity contribution in [3.05, 3.63) is 52.4 Å². The van der Waals surface area contributed by atoms with E-state index in [2.05, 4.69) is 0 Å². The fourth-order valence-electron chi connectivity index (χ4n) is 2.13. The van der Waals surface area contributed by atoms with Crippen LogP contribution in [0.25, 0.3) is 0 Å². The van der Waals surface area contributed by atoms with Gasteiger partial charge in [0, 0.05) is 4.88 Å². The summed E-state index contributed by atoms with van der Waals surface area (Å²) in [5.74, 6) is -0.748. The van der Waals surface area contributed by atoms with E-state index in [0.717, 1.165) is 16.2 Å². The summed E-state index contributed by atoms with van der Waals surface area (Å²) in [5, 5.41) is 5.04. The zero-order chi connectivity index (χ0) is 15.2. The normalized spacial score (nSPS) is 14.6. The van der Waals surface area contributed by atoms with Gasteiger partial charge in [-0.3, -0.25) is 14.5 Å². The Balaban J connectivity index is 1.89. The minimum atomic E-state index is -3.77. The summed E-state index contributed by atoms with van der Waals surface area (Å²) in [5.41, 5.74) is 0.733. The standard InChI is InChI=1S/C13H10N2O4S2/c14-21(18,19)11-6-5-8(20-11)7-15-12(16)9-3-1-2-4-10(9)13(15)17/h1-6H,7H2,(H2,14,18,19). The van der Waals surface area contributed by atoms with Gasteiger partial charge < -0.3 is 0 Å². The van der Waals surface area contributed by atoms with E-state index >= 15 is 0 Å². The molecule has 0 saturated carbocycles. The van der Waals surface area contributed by atoms with Crippen LogP contribution in [-0.2, 0) is 16.6 Å². The van der Waals surface area contributed by atoms with Crippen molar-refractivity contribution in [1.29, 1.82) is 0 Å². The number of hydrogen-bond donors (Lipinski definition) is 1. The van der Waals surface area contributed by atoms with Crippen LogP contribution in [0.3, 0.4) is 0 Å². The summed E-state index contributed by atoms with van der Waals surface area (Å²) in [6, 6.07) is 9.50. The van der Waals surface area contributed by atoms with Gasteiger partial charge in [0.05, 0.1) is 17.7 Å². The number of nitrogens with zero attached hydrogens (tertiary/aromatic N) is 1. The van der Waals surface area contributed by atoms with Gasteiger partial charge in [-0.2, -0.15) is 0 Å². The molecule has 0 fully saturated rings. The van der Waals surface area contributed by atoms with Crippen LogP contribution in [-0.4, -0.2) is 25.1 Å². The fourth-order valence-corrected chi connectivity index (χ4v) is 3.90. The number of primary sulfonamides is 1. The monoisotopic (exact) mass is 322 g/mol. The highest BCUT2D eigenvalue weighted by Gasteiger charge is 2.35. The van der Waals surface area contributed by atoms with Crippen molar-refractivity contribution in [3.8, 4) is 0 Å². The smallest absolute Gasteiger partial charge is 0.261 e. The molecule has 0 spiro atoms. The van der Waals surface area contributed by atoms with Gasteiger partial charge in [0.2, 0.25) is 10.0 Å². The average Bonchev–Trinajstić information content (AvgIpc) is 2.99. The number of imide groups is 1. The van der Waals surface area contributed by atoms with E-state index in [1.54, 1.807) is 30.3 Å². The molecule has 21 heavy (non-hydrogen) atoms. The Morgan fingerprint density at radius 2 is 1.57 bits per heavy atom. The third-order valence-corrected chi connectivity index (χ3v) is 5.62. The molecule has 1 aromatic carbocycles. The lowest BCUT2D eigenvalue weighted by molar-refractivity contribution is 0.0644. The number of carbonyl (C=O) groups excluding carboxylic acids is 2. The minimum absolute atomic E-state index is 0.00843. The second-order valence-electron chi connectivity index (χ2n) is 4.51. The van der Waals surface area contributed by atoms with Crippen LogP contribution in [0, 0.1) is 0 Å². The largest absolute Gasteiger partial charge is 0.269 e. The lowest BCUT2D eigenvalue weighted by atomic mass is 10.1. The van der Waals surface area contributed by atoms with Crippen molar-refractivity contribution in [1.82, 2.24) is 4.90 Å². The van der Waals surface area contributed by atoms with Gasteiger partial charge in [-0.25, -0.2) is 13.6 Å². The maximum absolute atomic E-state index is 12.2. The number of sulfonamides is 1. The molecule has 8 heteroatoms. The summed E-state index contributed by atoms with van der Waals surface area (Å²) < 4.78 is 22.5. The number of thiophene rings is 1. The first-order valence-corrected chi connectivity index (χ1v) is 8.31. The summed E-state index contributed by atoms with van der Waals surface area (Å²) in [4.78, 5) is 26.0. The maximum Gasteiger partial charge on any atom is 0.261 e. The number of fused-ring (bicyclic) bond motifs is 1. The molecule has 0 saturated heterocycles. The van der Waals surface area contributed by atoms with E-state index in [1.807, 2.05) is 0 Å². The number of benzene rings is 1. The van der Waals surface area contributed by atoms with Crippen molar-refractivity contribution < 1.29 is 18.0 Å². The molecule has 3 rings (SSSR count). The average molecular weight is 322 g/mol. The molecule has 6 nitrogen and oxygen atoms in total. The van der Waals surface area contributed by atoms with Gasteiger partial charge in [-0.15, -0.1) is 11.3 Å². The molecule has 2 aromatic rings. The first-order valence-electron chi connectivity index (χ1n) is 5.94. The molecule has 0 bridgehead atoms. The molecule has 108 valence electrons. The molecule has 0 radical (unpaired) electrons. The van der Waals surface area contributed by atoms with E-state index in [0.29, 0.717) is 16.0 Å². The number of rotatable bonds is 3. The van der Waals surface area contributed by atoms with Crippen molar-refractivity contribution >= 4 is 33.2 Å². The Morgan fingerprint density at radius 1 is 1.00 bits per heavy atom. The first kappa shape index (κ1) is 13.9. The Bertz CT molecular complexity index is 820. The molecule has 1 aromatic heterocycles. The summed E-state index contributed by atoms with van der Waals surface area (Å²) in [6.45, 7) is 0.0343. The van der Waals surface area contributed by atoms with Gasteiger partial charge >= 0.3 is 0 Å². The Labute approximate surface area is 124 Å². The van der Waals surface area contributed by atoms with E-state index in [1.165, 1.54) is 6.07 Å². The summed E-state index contributed by atoms with van der Waals surface area (Å²) >= 11 is 0.950. The van der Waals surface area contributed by atoms with E-state index in [-0.39, 0.29) is 22.6 Å². The molecule has 1 aliphatic rings. The quantitative estimate of drug-likeness (QED) is 0.858. The predicted octanol–water partition coefficient (Wildman–Crippen LogP) is 1.19. The van der Waals surface area contributed by atoms with E-state index in [4.69, 9.17) is 5.14 Å². The van der Waals surface area contributed by atoms with Gasteiger partial charge in [0.15, 0.2) is 0 Å². The van der Waals surface area contributed by atoms with Crippen LogP contribution in [0.1, 0.15) is 25.6 Å². The Kier molecular flexibility index (Phi) is 3.16. The minimum Gasteiger partial charge on any atom is -0.269 e. The fraction of sp³-hybridized carbons (Fsp3) is 0.0769. The summed E-state index contributed by atoms with van der Waals surface area (Å²) in [6.07, 6.45) is 0. The molecule has 0 atom stereocenters. The molecule has 2 heterocycles. The number of nitrogens with two attached hydrogens (primary N) is 1. The number of carbonyl (C=O) groups is 2. The molecule has 2 N–H and O–H groups in total. The van der Waals surface area contributed by atoms with Crippen LogP contribution in [0.5, 0.6) is 0 Å². The molecule has 1 aliphatic heterocycles. The van der Waals surface area contributed by atoms with Crippen molar-refractivity contribution in [3.63, 3.8) is 0 Å². The first-order chi connectivity index (χ1) is 9.88. The second kappa shape index (κ2) is 4.76. The van der Waals surface area contributed by atoms with Gasteiger partial charge in [0.25, 0.3) is 11.8 Å². The molecule has 2 amide bonds. The highest BCUT2D eigenvalue weighted by atomic mass is 32.2. The highest BCUT2D eigenvalue weighted by Crippen LogP contribution is 2.27. The van der Waals surface area contributed by atoms with Crippen molar-refractivity contribution in [2.45, 2.75) is 10.8 Å². The number of amides is 2. The van der Waals surface area contributed by atoms with Crippen LogP contribution in [0.15, 0.2) is 40.6 Å². The van der Waals surface area contributed by atoms with Crippen LogP contribution in [0.4, 0.5) is 0 Å². The summed E-state index contributed by atoms with van der Waals surface area (Å²) in [7, 11) is -3.77. The lowest BCUT2D eigenvalue weighted by Gasteiger charge is -2.11. The Morgan fingerprint density at radius 3 is 2.05 bits per heavy atom. The molecule has 0 aliphatic carbocycles. The number of hydrogen-bond acceptors (Lipinski definition) is 5. The van der Waals surface area contributed by atoms with Crippen molar-refractivity contribution in [2.24, 2.45) is 5.14 Å². The molecule has 0 unspecified atom stereocenters. The van der Waals surface area contributed by atoms with Crippen molar-refractivity contribution in [2.75, 3.05) is 0 Å². The van der Waals surface area contributed by atoms with Gasteiger partial charge in [-0.1, -0.05) is 12.1 Å². The zero-order valence-corrected chi connectivity index (χ0v) is 12.3. The highest BCUT2D eigenvalue weighted by molar-refractivity contribution is 7.91. The molecular formula is C13H10N2O4S2. The third kappa shape index (κ3) is 2.37. The lowest BCUT2D eigenvalue weighted by Crippen LogP contribution is -2.28. The third-order valence-electron chi connectivity index (χ3n) is 3.11. The predicted molar refractivity (Wildman–Crippen MR) is 76.3 cm³/mol. The van der Waals surface area contributed by atoms with Crippen LogP contribution < -0.4 is 5.14 Å². The molecular weight excluding hydrogens is 312 g/mol. The van der Waals surface area contributed by atoms with E-state index in [9.17, 15) is 18.0 Å². The van der Waals surface area contributed by atoms with Crippen LogP contribution >= 0.6 is 11.3 Å². The second-order valence-corrected chi connectivity index (χ2v) is 7.46. The van der Waals surface area contributed by atoms with Gasteiger partial charge in [0.1, 0.15) is 4.21 Å². The maximum atomic E-state index is 12.2. The van der Waals surface area contributed by atoms with Crippen LogP contribution in [0.2, 0.25) is 0 Å². The zero-order valence-electron chi connectivity index (χ0n) is 10.6. The SMILES string of the molecule is NS(=O)(=O)c1ccc(CN2C(=O)c3ccccc3C2=O)s1. The Hall–Kier alpha value is -2.03. The van der Waals surface area contributed by atoms with Gasteiger partial charge in [-0.05, 0) is 24.3 Å².